The molecule has 1 saturated heterocycles. The molecule has 5 nitrogen and oxygen atoms in total. The van der Waals surface area contributed by atoms with Crippen molar-refractivity contribution in [1.29, 1.82) is 0 Å². The average molecular weight is 333 g/mol. The van der Waals surface area contributed by atoms with E-state index in [4.69, 9.17) is 4.42 Å². The summed E-state index contributed by atoms with van der Waals surface area (Å²) in [7, 11) is 0. The van der Waals surface area contributed by atoms with Crippen LogP contribution in [0.4, 0.5) is 0 Å². The number of amides is 1. The van der Waals surface area contributed by atoms with Crippen LogP contribution in [0.1, 0.15) is 70.4 Å². The Labute approximate surface area is 140 Å². The molecule has 0 aliphatic carbocycles. The monoisotopic (exact) mass is 333 g/mol. The van der Waals surface area contributed by atoms with E-state index >= 15 is 0 Å². The number of nitrogens with zero attached hydrogens (tertiary/aromatic N) is 3. The smallest absolute Gasteiger partial charge is 0.276 e. The number of likely N-dealkylation sites (tertiary alicyclic amines) is 1. The van der Waals surface area contributed by atoms with Crippen molar-refractivity contribution in [2.75, 3.05) is 13.1 Å². The van der Waals surface area contributed by atoms with E-state index in [0.29, 0.717) is 17.4 Å². The molecule has 3 heterocycles. The minimum absolute atomic E-state index is 0.0165. The molecule has 23 heavy (non-hydrogen) atoms. The number of carbonyl (C=O) groups is 1. The van der Waals surface area contributed by atoms with Gasteiger partial charge in [0.25, 0.3) is 5.91 Å². The van der Waals surface area contributed by atoms with Crippen molar-refractivity contribution >= 4 is 17.2 Å². The molecule has 1 aliphatic rings. The van der Waals surface area contributed by atoms with E-state index in [0.717, 1.165) is 36.6 Å². The Bertz CT molecular complexity index is 685. The topological polar surface area (TPSA) is 59.2 Å². The van der Waals surface area contributed by atoms with E-state index in [-0.39, 0.29) is 11.8 Å². The zero-order chi connectivity index (χ0) is 16.6. The highest BCUT2D eigenvalue weighted by Crippen LogP contribution is 2.32. The Morgan fingerprint density at radius 2 is 2.22 bits per heavy atom. The van der Waals surface area contributed by atoms with Crippen LogP contribution in [-0.2, 0) is 0 Å². The number of aromatic nitrogens is 2. The summed E-state index contributed by atoms with van der Waals surface area (Å²) in [6.45, 7) is 9.67. The van der Waals surface area contributed by atoms with Crippen molar-refractivity contribution in [2.45, 2.75) is 52.4 Å². The van der Waals surface area contributed by atoms with Gasteiger partial charge in [0.05, 0.1) is 10.7 Å². The molecule has 1 fully saturated rings. The quantitative estimate of drug-likeness (QED) is 0.855. The maximum atomic E-state index is 12.8. The summed E-state index contributed by atoms with van der Waals surface area (Å²) < 4.78 is 5.40. The summed E-state index contributed by atoms with van der Waals surface area (Å²) in [5.41, 5.74) is 1.57. The lowest BCUT2D eigenvalue weighted by atomic mass is 9.98. The molecule has 0 N–H and O–H groups in total. The summed E-state index contributed by atoms with van der Waals surface area (Å²) in [6.07, 6.45) is 3.46. The van der Waals surface area contributed by atoms with Crippen molar-refractivity contribution in [3.63, 3.8) is 0 Å². The molecule has 0 unspecified atom stereocenters. The van der Waals surface area contributed by atoms with Gasteiger partial charge in [0.2, 0.25) is 0 Å². The van der Waals surface area contributed by atoms with Gasteiger partial charge < -0.3 is 9.32 Å². The van der Waals surface area contributed by atoms with Crippen LogP contribution < -0.4 is 0 Å². The first-order valence-electron chi connectivity index (χ1n) is 8.14. The van der Waals surface area contributed by atoms with Crippen LogP contribution in [0.5, 0.6) is 0 Å². The molecule has 1 atom stereocenters. The highest BCUT2D eigenvalue weighted by molar-refractivity contribution is 7.11. The van der Waals surface area contributed by atoms with Crippen LogP contribution in [0.2, 0.25) is 0 Å². The molecule has 6 heteroatoms. The van der Waals surface area contributed by atoms with Crippen molar-refractivity contribution in [3.8, 4) is 0 Å². The molecule has 0 saturated carbocycles. The third kappa shape index (κ3) is 3.17. The van der Waals surface area contributed by atoms with Gasteiger partial charge in [-0.3, -0.25) is 4.79 Å². The first-order valence-corrected chi connectivity index (χ1v) is 8.95. The Morgan fingerprint density at radius 3 is 2.87 bits per heavy atom. The minimum atomic E-state index is -0.0165. The van der Waals surface area contributed by atoms with Gasteiger partial charge in [0.1, 0.15) is 5.76 Å². The van der Waals surface area contributed by atoms with Crippen LogP contribution in [0, 0.1) is 13.8 Å². The lowest BCUT2D eigenvalue weighted by Gasteiger charge is -2.31. The van der Waals surface area contributed by atoms with Crippen LogP contribution in [0.15, 0.2) is 10.8 Å². The molecular weight excluding hydrogens is 310 g/mol. The largest absolute Gasteiger partial charge is 0.447 e. The molecular formula is C17H23N3O2S. The predicted octanol–water partition coefficient (Wildman–Crippen LogP) is 3.89. The first-order chi connectivity index (χ1) is 11.0. The highest BCUT2D eigenvalue weighted by atomic mass is 32.1. The molecule has 2 aromatic heterocycles. The van der Waals surface area contributed by atoms with E-state index in [1.807, 2.05) is 25.7 Å². The normalized spacial score (nSPS) is 18.7. The van der Waals surface area contributed by atoms with E-state index in [1.54, 1.807) is 11.3 Å². The lowest BCUT2D eigenvalue weighted by molar-refractivity contribution is 0.0699. The van der Waals surface area contributed by atoms with Crippen LogP contribution in [-0.4, -0.2) is 33.9 Å². The maximum Gasteiger partial charge on any atom is 0.276 e. The van der Waals surface area contributed by atoms with Gasteiger partial charge in [0, 0.05) is 29.8 Å². The standard InChI is InChI=1S/C17H23N3O2S/c1-10(2)15-14(18-9-22-15)17(21)20-7-5-6-13(8-20)16-19-11(3)12(4)23-16/h9-10,13H,5-8H2,1-4H3/t13-/m1/s1. The van der Waals surface area contributed by atoms with Crippen LogP contribution >= 0.6 is 11.3 Å². The second-order valence-corrected chi connectivity index (χ2v) is 7.74. The van der Waals surface area contributed by atoms with Gasteiger partial charge in [-0.2, -0.15) is 0 Å². The van der Waals surface area contributed by atoms with Gasteiger partial charge in [-0.05, 0) is 26.7 Å². The van der Waals surface area contributed by atoms with E-state index < -0.39 is 0 Å². The highest BCUT2D eigenvalue weighted by Gasteiger charge is 2.30. The van der Waals surface area contributed by atoms with Gasteiger partial charge in [-0.15, -0.1) is 11.3 Å². The van der Waals surface area contributed by atoms with Crippen molar-refractivity contribution in [2.24, 2.45) is 0 Å². The number of aryl methyl sites for hydroxylation is 2. The molecule has 0 radical (unpaired) electrons. The molecule has 0 bridgehead atoms. The fraction of sp³-hybridized carbons (Fsp3) is 0.588. The molecule has 3 rings (SSSR count). The fourth-order valence-corrected chi connectivity index (χ4v) is 4.06. The minimum Gasteiger partial charge on any atom is -0.447 e. The molecule has 0 aromatic carbocycles. The number of carbonyl (C=O) groups excluding carboxylic acids is 1. The number of hydrogen-bond donors (Lipinski definition) is 0. The predicted molar refractivity (Wildman–Crippen MR) is 90.1 cm³/mol. The van der Waals surface area contributed by atoms with Crippen molar-refractivity contribution in [3.05, 3.63) is 33.4 Å². The summed E-state index contributed by atoms with van der Waals surface area (Å²) in [5, 5.41) is 1.15. The SMILES string of the molecule is Cc1nc([C@@H]2CCCN(C(=O)c3ncoc3C(C)C)C2)sc1C. The maximum absolute atomic E-state index is 12.8. The number of oxazole rings is 1. The Balaban J connectivity index is 1.78. The van der Waals surface area contributed by atoms with Gasteiger partial charge in [-0.25, -0.2) is 9.97 Å². The van der Waals surface area contributed by atoms with E-state index in [2.05, 4.69) is 16.9 Å². The van der Waals surface area contributed by atoms with Gasteiger partial charge in [-0.1, -0.05) is 13.8 Å². The van der Waals surface area contributed by atoms with Gasteiger partial charge >= 0.3 is 0 Å². The fourth-order valence-electron chi connectivity index (χ4n) is 3.01. The van der Waals surface area contributed by atoms with Gasteiger partial charge in [0.15, 0.2) is 12.1 Å². The second kappa shape index (κ2) is 6.43. The number of hydrogen-bond acceptors (Lipinski definition) is 5. The molecule has 0 spiro atoms. The number of rotatable bonds is 3. The summed E-state index contributed by atoms with van der Waals surface area (Å²) >= 11 is 1.76. The Morgan fingerprint density at radius 1 is 1.43 bits per heavy atom. The molecule has 124 valence electrons. The lowest BCUT2D eigenvalue weighted by Crippen LogP contribution is -2.39. The zero-order valence-corrected chi connectivity index (χ0v) is 14.9. The summed E-state index contributed by atoms with van der Waals surface area (Å²) in [5.74, 6) is 1.15. The summed E-state index contributed by atoms with van der Waals surface area (Å²) in [4.78, 5) is 24.8. The number of piperidine rings is 1. The molecule has 1 aliphatic heterocycles. The van der Waals surface area contributed by atoms with Crippen molar-refractivity contribution < 1.29 is 9.21 Å². The first kappa shape index (κ1) is 16.2. The third-order valence-electron chi connectivity index (χ3n) is 4.42. The second-order valence-electron chi connectivity index (χ2n) is 6.50. The average Bonchev–Trinajstić information content (AvgIpc) is 3.14. The third-order valence-corrected chi connectivity index (χ3v) is 5.66. The van der Waals surface area contributed by atoms with Crippen LogP contribution in [0.25, 0.3) is 0 Å². The number of thiazole rings is 1. The van der Waals surface area contributed by atoms with E-state index in [9.17, 15) is 4.79 Å². The Hall–Kier alpha value is -1.69. The molecule has 1 amide bonds. The van der Waals surface area contributed by atoms with E-state index in [1.165, 1.54) is 11.3 Å². The zero-order valence-electron chi connectivity index (χ0n) is 14.1. The van der Waals surface area contributed by atoms with Crippen molar-refractivity contribution in [1.82, 2.24) is 14.9 Å². The Kier molecular flexibility index (Phi) is 4.53. The molecule has 2 aromatic rings. The summed E-state index contributed by atoms with van der Waals surface area (Å²) in [6, 6.07) is 0. The van der Waals surface area contributed by atoms with Crippen LogP contribution in [0.3, 0.4) is 0 Å².